The molecule has 1 fully saturated rings. The van der Waals surface area contributed by atoms with Crippen LogP contribution in [-0.2, 0) is 10.8 Å². The van der Waals surface area contributed by atoms with Crippen LogP contribution in [0.1, 0.15) is 104 Å². The van der Waals surface area contributed by atoms with E-state index in [-0.39, 0.29) is 10.8 Å². The highest BCUT2D eigenvalue weighted by Gasteiger charge is 2.38. The molecule has 30 heavy (non-hydrogen) atoms. The second-order valence-corrected chi connectivity index (χ2v) is 10.7. The van der Waals surface area contributed by atoms with Crippen molar-refractivity contribution in [2.45, 2.75) is 83.5 Å². The Labute approximate surface area is 181 Å². The fourth-order valence-electron chi connectivity index (χ4n) is 5.45. The van der Waals surface area contributed by atoms with Crippen LogP contribution in [0.15, 0.2) is 42.0 Å². The average Bonchev–Trinajstić information content (AvgIpc) is 3.13. The van der Waals surface area contributed by atoms with E-state index >= 15 is 0 Å². The molecule has 0 saturated heterocycles. The Morgan fingerprint density at radius 1 is 1.03 bits per heavy atom. The summed E-state index contributed by atoms with van der Waals surface area (Å²) in [5, 5.41) is 9.25. The van der Waals surface area contributed by atoms with Crippen LogP contribution in [0, 0.1) is 6.92 Å². The lowest BCUT2D eigenvalue weighted by molar-refractivity contribution is 0.0697. The van der Waals surface area contributed by atoms with Gasteiger partial charge in [0, 0.05) is 0 Å². The maximum Gasteiger partial charge on any atom is 0.335 e. The van der Waals surface area contributed by atoms with E-state index in [1.807, 2.05) is 12.1 Å². The van der Waals surface area contributed by atoms with Gasteiger partial charge in [-0.1, -0.05) is 63.6 Å². The average molecular weight is 403 g/mol. The van der Waals surface area contributed by atoms with Crippen LogP contribution < -0.4 is 0 Å². The zero-order valence-corrected chi connectivity index (χ0v) is 19.0. The van der Waals surface area contributed by atoms with Crippen molar-refractivity contribution >= 4 is 12.0 Å². The number of fused-ring (bicyclic) bond motifs is 1. The smallest absolute Gasteiger partial charge is 0.335 e. The van der Waals surface area contributed by atoms with Crippen molar-refractivity contribution < 1.29 is 9.90 Å². The molecule has 158 valence electrons. The molecule has 0 aliphatic heterocycles. The molecular weight excluding hydrogens is 368 g/mol. The number of allylic oxidation sites excluding steroid dienone is 1. The number of carboxylic acids is 1. The highest BCUT2D eigenvalue weighted by atomic mass is 16.4. The SMILES string of the molecule is Cc1cc2c(cc1C1CC/C(=C/c3cccc(C(=O)O)c3)C1)C(C)(C)CCC2(C)C. The van der Waals surface area contributed by atoms with Crippen LogP contribution >= 0.6 is 0 Å². The molecule has 2 nitrogen and oxygen atoms in total. The van der Waals surface area contributed by atoms with Crippen molar-refractivity contribution in [3.05, 3.63) is 75.4 Å². The number of carbonyl (C=O) groups is 1. The van der Waals surface area contributed by atoms with E-state index in [1.165, 1.54) is 36.0 Å². The molecule has 2 heteroatoms. The first kappa shape index (κ1) is 20.9. The molecule has 1 atom stereocenters. The molecule has 0 bridgehead atoms. The Kier molecular flexibility index (Phi) is 5.16. The van der Waals surface area contributed by atoms with Gasteiger partial charge in [0.1, 0.15) is 0 Å². The summed E-state index contributed by atoms with van der Waals surface area (Å²) in [6.45, 7) is 11.9. The fraction of sp³-hybridized carbons (Fsp3) is 0.464. The molecule has 0 amide bonds. The van der Waals surface area contributed by atoms with Gasteiger partial charge in [-0.3, -0.25) is 0 Å². The predicted molar refractivity (Wildman–Crippen MR) is 124 cm³/mol. The Morgan fingerprint density at radius 2 is 1.70 bits per heavy atom. The molecule has 2 aromatic carbocycles. The minimum atomic E-state index is -0.866. The van der Waals surface area contributed by atoms with E-state index in [4.69, 9.17) is 0 Å². The van der Waals surface area contributed by atoms with Crippen molar-refractivity contribution in [3.8, 4) is 0 Å². The molecule has 2 aliphatic rings. The quantitative estimate of drug-likeness (QED) is 0.581. The van der Waals surface area contributed by atoms with Gasteiger partial charge in [-0.15, -0.1) is 0 Å². The number of benzene rings is 2. The first-order chi connectivity index (χ1) is 14.1. The molecular formula is C28H34O2. The number of hydrogen-bond donors (Lipinski definition) is 1. The molecule has 1 unspecified atom stereocenters. The summed E-state index contributed by atoms with van der Waals surface area (Å²) in [6.07, 6.45) is 8.03. The lowest BCUT2D eigenvalue weighted by Crippen LogP contribution is -2.34. The van der Waals surface area contributed by atoms with Crippen LogP contribution in [0.4, 0.5) is 0 Å². The fourth-order valence-corrected chi connectivity index (χ4v) is 5.45. The molecule has 1 saturated carbocycles. The third-order valence-corrected chi connectivity index (χ3v) is 7.51. The van der Waals surface area contributed by atoms with Crippen LogP contribution in [0.3, 0.4) is 0 Å². The zero-order valence-electron chi connectivity index (χ0n) is 19.0. The summed E-state index contributed by atoms with van der Waals surface area (Å²) in [7, 11) is 0. The van der Waals surface area contributed by atoms with Crippen molar-refractivity contribution in [1.82, 2.24) is 0 Å². The normalized spacial score (nSPS) is 23.4. The summed E-state index contributed by atoms with van der Waals surface area (Å²) in [4.78, 5) is 11.3. The maximum atomic E-state index is 11.3. The van der Waals surface area contributed by atoms with Gasteiger partial charge in [0.25, 0.3) is 0 Å². The highest BCUT2D eigenvalue weighted by Crippen LogP contribution is 2.49. The van der Waals surface area contributed by atoms with Crippen LogP contribution in [0.5, 0.6) is 0 Å². The lowest BCUT2D eigenvalue weighted by Gasteiger charge is -2.42. The van der Waals surface area contributed by atoms with E-state index in [2.05, 4.69) is 52.8 Å². The second-order valence-electron chi connectivity index (χ2n) is 10.7. The van der Waals surface area contributed by atoms with E-state index < -0.39 is 5.97 Å². The number of carboxylic acid groups (broad SMARTS) is 1. The topological polar surface area (TPSA) is 37.3 Å². The third-order valence-electron chi connectivity index (χ3n) is 7.51. The standard InChI is InChI=1S/C28H34O2/c1-18-13-24-25(28(4,5)12-11-27(24,2)3)17-23(18)21-10-9-20(15-21)14-19-7-6-8-22(16-19)26(29)30/h6-8,13-14,16-17,21H,9-12,15H2,1-5H3,(H,29,30)/b20-14-. The summed E-state index contributed by atoms with van der Waals surface area (Å²) < 4.78 is 0. The van der Waals surface area contributed by atoms with Gasteiger partial charge in [0.15, 0.2) is 0 Å². The molecule has 1 N–H and O–H groups in total. The van der Waals surface area contributed by atoms with Gasteiger partial charge in [0.05, 0.1) is 5.56 Å². The first-order valence-electron chi connectivity index (χ1n) is 11.3. The minimum Gasteiger partial charge on any atom is -0.478 e. The Hall–Kier alpha value is -2.35. The van der Waals surface area contributed by atoms with Crippen LogP contribution in [0.2, 0.25) is 0 Å². The van der Waals surface area contributed by atoms with Gasteiger partial charge < -0.3 is 5.11 Å². The summed E-state index contributed by atoms with van der Waals surface area (Å²) in [6, 6.07) is 12.3. The highest BCUT2D eigenvalue weighted by molar-refractivity contribution is 5.88. The van der Waals surface area contributed by atoms with Crippen LogP contribution in [0.25, 0.3) is 6.08 Å². The zero-order chi connectivity index (χ0) is 21.7. The predicted octanol–water partition coefficient (Wildman–Crippen LogP) is 7.39. The monoisotopic (exact) mass is 402 g/mol. The second kappa shape index (κ2) is 7.41. The van der Waals surface area contributed by atoms with Gasteiger partial charge in [-0.05, 0) is 95.7 Å². The van der Waals surface area contributed by atoms with Crippen molar-refractivity contribution in [2.75, 3.05) is 0 Å². The van der Waals surface area contributed by atoms with E-state index in [0.717, 1.165) is 18.4 Å². The third kappa shape index (κ3) is 3.85. The largest absolute Gasteiger partial charge is 0.478 e. The van der Waals surface area contributed by atoms with Crippen molar-refractivity contribution in [1.29, 1.82) is 0 Å². The van der Waals surface area contributed by atoms with E-state index in [9.17, 15) is 9.90 Å². The Bertz CT molecular complexity index is 1020. The summed E-state index contributed by atoms with van der Waals surface area (Å²) >= 11 is 0. The molecule has 2 aromatic rings. The van der Waals surface area contributed by atoms with E-state index in [0.29, 0.717) is 11.5 Å². The van der Waals surface area contributed by atoms with Crippen molar-refractivity contribution in [2.24, 2.45) is 0 Å². The van der Waals surface area contributed by atoms with Gasteiger partial charge in [-0.25, -0.2) is 4.79 Å². The summed E-state index contributed by atoms with van der Waals surface area (Å²) in [5.74, 6) is -0.306. The number of rotatable bonds is 3. The molecule has 0 heterocycles. The van der Waals surface area contributed by atoms with Gasteiger partial charge in [-0.2, -0.15) is 0 Å². The maximum absolute atomic E-state index is 11.3. The van der Waals surface area contributed by atoms with Crippen molar-refractivity contribution in [3.63, 3.8) is 0 Å². The molecule has 0 aromatic heterocycles. The van der Waals surface area contributed by atoms with Crippen LogP contribution in [-0.4, -0.2) is 11.1 Å². The number of hydrogen-bond acceptors (Lipinski definition) is 1. The van der Waals surface area contributed by atoms with E-state index in [1.54, 1.807) is 23.3 Å². The molecule has 0 radical (unpaired) electrons. The Morgan fingerprint density at radius 3 is 2.37 bits per heavy atom. The van der Waals surface area contributed by atoms with Gasteiger partial charge >= 0.3 is 5.97 Å². The number of aromatic carboxylic acids is 1. The summed E-state index contributed by atoms with van der Waals surface area (Å²) in [5.41, 5.74) is 9.31. The lowest BCUT2D eigenvalue weighted by atomic mass is 9.62. The first-order valence-corrected chi connectivity index (χ1v) is 11.3. The van der Waals surface area contributed by atoms with Gasteiger partial charge in [0.2, 0.25) is 0 Å². The molecule has 2 aliphatic carbocycles. The molecule has 4 rings (SSSR count). The molecule has 0 spiro atoms. The number of aryl methyl sites for hydroxylation is 1. The minimum absolute atomic E-state index is 0.238. The Balaban J connectivity index is 1.64.